The molecule has 24 heavy (non-hydrogen) atoms. The fourth-order valence-electron chi connectivity index (χ4n) is 3.19. The van der Waals surface area contributed by atoms with Crippen LogP contribution in [0.2, 0.25) is 0 Å². The van der Waals surface area contributed by atoms with Gasteiger partial charge in [0.25, 0.3) is 0 Å². The summed E-state index contributed by atoms with van der Waals surface area (Å²) in [7, 11) is 0. The summed E-state index contributed by atoms with van der Waals surface area (Å²) in [5.41, 5.74) is 2.01. The molecule has 0 saturated carbocycles. The lowest BCUT2D eigenvalue weighted by Crippen LogP contribution is -2.32. The number of aromatic nitrogens is 4. The van der Waals surface area contributed by atoms with Crippen LogP contribution in [0.25, 0.3) is 11.0 Å². The second-order valence-electron chi connectivity index (χ2n) is 5.90. The molecule has 1 N–H and O–H groups in total. The number of rotatable bonds is 3. The van der Waals surface area contributed by atoms with Crippen LogP contribution in [0.5, 0.6) is 0 Å². The van der Waals surface area contributed by atoms with Gasteiger partial charge in [-0.15, -0.1) is 0 Å². The Balaban J connectivity index is 1.58. The zero-order valence-corrected chi connectivity index (χ0v) is 12.9. The monoisotopic (exact) mass is 325 g/mol. The van der Waals surface area contributed by atoms with Crippen molar-refractivity contribution in [1.29, 1.82) is 0 Å². The second kappa shape index (κ2) is 5.99. The number of imidazole rings is 1. The third kappa shape index (κ3) is 2.73. The molecular formula is C17H16FN5O. The molecule has 1 aliphatic heterocycles. The van der Waals surface area contributed by atoms with E-state index in [1.807, 2.05) is 4.90 Å². The van der Waals surface area contributed by atoms with E-state index in [1.54, 1.807) is 24.7 Å². The van der Waals surface area contributed by atoms with Crippen molar-refractivity contribution in [3.05, 3.63) is 54.1 Å². The van der Waals surface area contributed by atoms with Gasteiger partial charge in [0.05, 0.1) is 29.2 Å². The molecule has 7 heteroatoms. The summed E-state index contributed by atoms with van der Waals surface area (Å²) >= 11 is 0. The summed E-state index contributed by atoms with van der Waals surface area (Å²) in [6.07, 6.45) is 6.75. The molecule has 1 unspecified atom stereocenters. The lowest BCUT2D eigenvalue weighted by molar-refractivity contribution is -0.131. The maximum absolute atomic E-state index is 13.3. The standard InChI is InChI=1S/C17H16FN5O/c18-11-3-4-13-14(8-11)22-17(21-13)15-2-1-7-23(15)16(24)9-12-10-19-5-6-20-12/h3-6,8,10,15H,1-2,7,9H2,(H,21,22). The average Bonchev–Trinajstić information content (AvgIpc) is 3.21. The van der Waals surface area contributed by atoms with Gasteiger partial charge in [0.2, 0.25) is 5.91 Å². The molecular weight excluding hydrogens is 309 g/mol. The number of carbonyl (C=O) groups is 1. The summed E-state index contributed by atoms with van der Waals surface area (Å²) in [4.78, 5) is 30.3. The molecule has 1 atom stereocenters. The smallest absolute Gasteiger partial charge is 0.229 e. The van der Waals surface area contributed by atoms with Crippen LogP contribution in [0.3, 0.4) is 0 Å². The topological polar surface area (TPSA) is 74.8 Å². The predicted octanol–water partition coefficient (Wildman–Crippen LogP) is 2.40. The Kier molecular flexibility index (Phi) is 3.68. The first kappa shape index (κ1) is 14.7. The molecule has 3 aromatic rings. The number of fused-ring (bicyclic) bond motifs is 1. The summed E-state index contributed by atoms with van der Waals surface area (Å²) in [6, 6.07) is 4.35. The van der Waals surface area contributed by atoms with Gasteiger partial charge in [-0.05, 0) is 31.0 Å². The van der Waals surface area contributed by atoms with Crippen LogP contribution in [0, 0.1) is 5.82 Å². The van der Waals surface area contributed by atoms with E-state index < -0.39 is 0 Å². The van der Waals surface area contributed by atoms with E-state index in [0.29, 0.717) is 29.1 Å². The Morgan fingerprint density at radius 1 is 1.38 bits per heavy atom. The quantitative estimate of drug-likeness (QED) is 0.802. The molecule has 1 saturated heterocycles. The van der Waals surface area contributed by atoms with Crippen LogP contribution in [0.1, 0.15) is 30.4 Å². The first-order chi connectivity index (χ1) is 11.7. The minimum atomic E-state index is -0.306. The highest BCUT2D eigenvalue weighted by molar-refractivity contribution is 5.79. The Bertz CT molecular complexity index is 879. The first-order valence-corrected chi connectivity index (χ1v) is 7.90. The maximum Gasteiger partial charge on any atom is 0.229 e. The van der Waals surface area contributed by atoms with Crippen molar-refractivity contribution in [2.24, 2.45) is 0 Å². The van der Waals surface area contributed by atoms with Gasteiger partial charge in [-0.25, -0.2) is 9.37 Å². The van der Waals surface area contributed by atoms with Gasteiger partial charge < -0.3 is 9.88 Å². The number of hydrogen-bond acceptors (Lipinski definition) is 4. The van der Waals surface area contributed by atoms with Gasteiger partial charge in [-0.2, -0.15) is 0 Å². The number of halogens is 1. The highest BCUT2D eigenvalue weighted by atomic mass is 19.1. The normalized spacial score (nSPS) is 17.5. The molecule has 0 spiro atoms. The van der Waals surface area contributed by atoms with Crippen molar-refractivity contribution in [2.45, 2.75) is 25.3 Å². The minimum absolute atomic E-state index is 0.00429. The van der Waals surface area contributed by atoms with E-state index in [9.17, 15) is 9.18 Å². The van der Waals surface area contributed by atoms with Crippen LogP contribution in [-0.4, -0.2) is 37.3 Å². The van der Waals surface area contributed by atoms with Crippen molar-refractivity contribution in [3.8, 4) is 0 Å². The van der Waals surface area contributed by atoms with Crippen LogP contribution < -0.4 is 0 Å². The number of H-pyrrole nitrogens is 1. The number of likely N-dealkylation sites (tertiary alicyclic amines) is 1. The lowest BCUT2D eigenvalue weighted by Gasteiger charge is -2.23. The highest BCUT2D eigenvalue weighted by Gasteiger charge is 2.32. The first-order valence-electron chi connectivity index (χ1n) is 7.90. The van der Waals surface area contributed by atoms with Crippen molar-refractivity contribution in [3.63, 3.8) is 0 Å². The van der Waals surface area contributed by atoms with E-state index in [-0.39, 0.29) is 24.2 Å². The molecule has 0 bridgehead atoms. The number of nitrogens with one attached hydrogen (secondary N) is 1. The zero-order chi connectivity index (χ0) is 16.5. The average molecular weight is 325 g/mol. The van der Waals surface area contributed by atoms with Gasteiger partial charge in [0.15, 0.2) is 0 Å². The fraction of sp³-hybridized carbons (Fsp3) is 0.294. The van der Waals surface area contributed by atoms with Gasteiger partial charge in [0, 0.05) is 25.1 Å². The summed E-state index contributed by atoms with van der Waals surface area (Å²) in [5.74, 6) is 0.407. The number of amides is 1. The van der Waals surface area contributed by atoms with Crippen LogP contribution in [0.4, 0.5) is 4.39 Å². The molecule has 6 nitrogen and oxygen atoms in total. The van der Waals surface area contributed by atoms with E-state index in [1.165, 1.54) is 12.1 Å². The largest absolute Gasteiger partial charge is 0.340 e. The Hall–Kier alpha value is -2.83. The van der Waals surface area contributed by atoms with Crippen LogP contribution in [-0.2, 0) is 11.2 Å². The molecule has 0 radical (unpaired) electrons. The zero-order valence-electron chi connectivity index (χ0n) is 12.9. The Morgan fingerprint density at radius 2 is 2.29 bits per heavy atom. The molecule has 0 aliphatic carbocycles. The van der Waals surface area contributed by atoms with Crippen molar-refractivity contribution < 1.29 is 9.18 Å². The number of benzene rings is 1. The van der Waals surface area contributed by atoms with E-state index in [0.717, 1.165) is 12.8 Å². The Labute approximate surface area is 137 Å². The molecule has 3 heterocycles. The molecule has 4 rings (SSSR count). The van der Waals surface area contributed by atoms with Crippen molar-refractivity contribution in [2.75, 3.05) is 6.54 Å². The fourth-order valence-corrected chi connectivity index (χ4v) is 3.19. The number of nitrogens with zero attached hydrogens (tertiary/aromatic N) is 4. The van der Waals surface area contributed by atoms with E-state index in [4.69, 9.17) is 0 Å². The van der Waals surface area contributed by atoms with Crippen molar-refractivity contribution >= 4 is 16.9 Å². The summed E-state index contributed by atoms with van der Waals surface area (Å²) in [5, 5.41) is 0. The molecule has 1 aliphatic rings. The number of aromatic amines is 1. The van der Waals surface area contributed by atoms with Gasteiger partial charge in [-0.1, -0.05) is 0 Å². The summed E-state index contributed by atoms with van der Waals surface area (Å²) < 4.78 is 13.3. The third-order valence-corrected chi connectivity index (χ3v) is 4.30. The molecule has 1 amide bonds. The summed E-state index contributed by atoms with van der Waals surface area (Å²) in [6.45, 7) is 0.690. The predicted molar refractivity (Wildman–Crippen MR) is 85.5 cm³/mol. The number of carbonyl (C=O) groups excluding carboxylic acids is 1. The second-order valence-corrected chi connectivity index (χ2v) is 5.90. The Morgan fingerprint density at radius 3 is 3.12 bits per heavy atom. The SMILES string of the molecule is O=C(Cc1cnccn1)N1CCCC1c1nc2ccc(F)cc2[nH]1. The van der Waals surface area contributed by atoms with E-state index in [2.05, 4.69) is 19.9 Å². The number of hydrogen-bond donors (Lipinski definition) is 1. The molecule has 1 aromatic carbocycles. The van der Waals surface area contributed by atoms with Gasteiger partial charge >= 0.3 is 0 Å². The molecule has 2 aromatic heterocycles. The molecule has 122 valence electrons. The van der Waals surface area contributed by atoms with Gasteiger partial charge in [-0.3, -0.25) is 14.8 Å². The van der Waals surface area contributed by atoms with Gasteiger partial charge in [0.1, 0.15) is 11.6 Å². The lowest BCUT2D eigenvalue weighted by atomic mass is 10.2. The molecule has 1 fully saturated rings. The van der Waals surface area contributed by atoms with E-state index >= 15 is 0 Å². The van der Waals surface area contributed by atoms with Crippen LogP contribution in [0.15, 0.2) is 36.8 Å². The van der Waals surface area contributed by atoms with Crippen molar-refractivity contribution in [1.82, 2.24) is 24.8 Å². The van der Waals surface area contributed by atoms with Crippen LogP contribution >= 0.6 is 0 Å². The minimum Gasteiger partial charge on any atom is -0.340 e. The highest BCUT2D eigenvalue weighted by Crippen LogP contribution is 2.31. The third-order valence-electron chi connectivity index (χ3n) is 4.30. The maximum atomic E-state index is 13.3.